The SMILES string of the molecule is CCn1ncc(Br)c1C(=O)c1ccnc(C)n1. The average molecular weight is 295 g/mol. The van der Waals surface area contributed by atoms with Gasteiger partial charge in [0.1, 0.15) is 17.2 Å². The molecule has 0 aromatic carbocycles. The van der Waals surface area contributed by atoms with E-state index in [9.17, 15) is 4.79 Å². The second-order valence-corrected chi connectivity index (χ2v) is 4.33. The lowest BCUT2D eigenvalue weighted by Gasteiger charge is -2.04. The lowest BCUT2D eigenvalue weighted by Crippen LogP contribution is -2.13. The van der Waals surface area contributed by atoms with E-state index >= 15 is 0 Å². The van der Waals surface area contributed by atoms with Gasteiger partial charge in [-0.25, -0.2) is 9.97 Å². The van der Waals surface area contributed by atoms with Crippen LogP contribution in [-0.2, 0) is 6.54 Å². The second kappa shape index (κ2) is 4.75. The zero-order valence-corrected chi connectivity index (χ0v) is 11.1. The summed E-state index contributed by atoms with van der Waals surface area (Å²) in [6.07, 6.45) is 3.20. The molecule has 0 aliphatic rings. The Morgan fingerprint density at radius 3 is 2.94 bits per heavy atom. The molecule has 0 saturated heterocycles. The Labute approximate surface area is 107 Å². The predicted molar refractivity (Wildman–Crippen MR) is 65.8 cm³/mol. The lowest BCUT2D eigenvalue weighted by molar-refractivity contribution is 0.102. The second-order valence-electron chi connectivity index (χ2n) is 3.48. The van der Waals surface area contributed by atoms with Crippen molar-refractivity contribution in [2.45, 2.75) is 20.4 Å². The minimum atomic E-state index is -0.151. The van der Waals surface area contributed by atoms with Crippen LogP contribution in [0.3, 0.4) is 0 Å². The van der Waals surface area contributed by atoms with Gasteiger partial charge < -0.3 is 0 Å². The number of aromatic nitrogens is 4. The zero-order valence-electron chi connectivity index (χ0n) is 9.51. The summed E-state index contributed by atoms with van der Waals surface area (Å²) in [7, 11) is 0. The normalized spacial score (nSPS) is 10.5. The minimum Gasteiger partial charge on any atom is -0.285 e. The van der Waals surface area contributed by atoms with Crippen molar-refractivity contribution in [2.75, 3.05) is 0 Å². The summed E-state index contributed by atoms with van der Waals surface area (Å²) in [4.78, 5) is 20.4. The molecule has 0 aliphatic carbocycles. The van der Waals surface area contributed by atoms with Crippen LogP contribution in [0.25, 0.3) is 0 Å². The largest absolute Gasteiger partial charge is 0.285 e. The van der Waals surface area contributed by atoms with Gasteiger partial charge in [0.15, 0.2) is 0 Å². The highest BCUT2D eigenvalue weighted by atomic mass is 79.9. The highest BCUT2D eigenvalue weighted by molar-refractivity contribution is 9.10. The summed E-state index contributed by atoms with van der Waals surface area (Å²) in [6, 6.07) is 1.61. The Morgan fingerprint density at radius 2 is 2.29 bits per heavy atom. The number of rotatable bonds is 3. The smallest absolute Gasteiger partial charge is 0.230 e. The molecule has 2 aromatic heterocycles. The number of hydrogen-bond acceptors (Lipinski definition) is 4. The molecule has 0 spiro atoms. The van der Waals surface area contributed by atoms with E-state index in [4.69, 9.17) is 0 Å². The van der Waals surface area contributed by atoms with Crippen LogP contribution in [0, 0.1) is 6.92 Å². The van der Waals surface area contributed by atoms with Crippen molar-refractivity contribution >= 4 is 21.7 Å². The third-order valence-corrected chi connectivity index (χ3v) is 2.90. The fourth-order valence-corrected chi connectivity index (χ4v) is 2.01. The van der Waals surface area contributed by atoms with Gasteiger partial charge in [-0.2, -0.15) is 5.10 Å². The first kappa shape index (κ1) is 11.9. The molecule has 5 nitrogen and oxygen atoms in total. The van der Waals surface area contributed by atoms with Gasteiger partial charge in [-0.15, -0.1) is 0 Å². The van der Waals surface area contributed by atoms with E-state index in [2.05, 4.69) is 31.0 Å². The molecular formula is C11H11BrN4O. The summed E-state index contributed by atoms with van der Waals surface area (Å²) in [6.45, 7) is 4.32. The Kier molecular flexibility index (Phi) is 3.33. The first-order chi connectivity index (χ1) is 8.13. The molecule has 2 aromatic rings. The van der Waals surface area contributed by atoms with Gasteiger partial charge in [0.25, 0.3) is 0 Å². The van der Waals surface area contributed by atoms with Gasteiger partial charge in [0, 0.05) is 12.7 Å². The number of ketones is 1. The van der Waals surface area contributed by atoms with Crippen LogP contribution in [0.2, 0.25) is 0 Å². The Hall–Kier alpha value is -1.56. The van der Waals surface area contributed by atoms with E-state index in [1.54, 1.807) is 30.1 Å². The van der Waals surface area contributed by atoms with Crippen LogP contribution in [-0.4, -0.2) is 25.5 Å². The van der Waals surface area contributed by atoms with Crippen molar-refractivity contribution < 1.29 is 4.79 Å². The number of nitrogens with zero attached hydrogens (tertiary/aromatic N) is 4. The highest BCUT2D eigenvalue weighted by Gasteiger charge is 2.19. The van der Waals surface area contributed by atoms with E-state index in [1.165, 1.54) is 0 Å². The number of hydrogen-bond donors (Lipinski definition) is 0. The van der Waals surface area contributed by atoms with Crippen molar-refractivity contribution in [3.63, 3.8) is 0 Å². The van der Waals surface area contributed by atoms with E-state index in [-0.39, 0.29) is 5.78 Å². The minimum absolute atomic E-state index is 0.151. The van der Waals surface area contributed by atoms with Crippen molar-refractivity contribution in [3.8, 4) is 0 Å². The summed E-state index contributed by atoms with van der Waals surface area (Å²) in [5.41, 5.74) is 0.902. The molecule has 0 bridgehead atoms. The quantitative estimate of drug-likeness (QED) is 0.813. The standard InChI is InChI=1S/C11H11BrN4O/c1-3-16-10(8(12)6-14-16)11(17)9-4-5-13-7(2)15-9/h4-6H,3H2,1-2H3. The van der Waals surface area contributed by atoms with Gasteiger partial charge in [0.05, 0.1) is 10.7 Å². The fourth-order valence-electron chi connectivity index (χ4n) is 1.53. The van der Waals surface area contributed by atoms with Gasteiger partial charge in [-0.1, -0.05) is 0 Å². The van der Waals surface area contributed by atoms with Crippen LogP contribution in [0.4, 0.5) is 0 Å². The molecule has 2 heterocycles. The van der Waals surface area contributed by atoms with Crippen LogP contribution >= 0.6 is 15.9 Å². The van der Waals surface area contributed by atoms with Crippen LogP contribution < -0.4 is 0 Å². The van der Waals surface area contributed by atoms with Crippen molar-refractivity contribution in [1.82, 2.24) is 19.7 Å². The molecule has 17 heavy (non-hydrogen) atoms. The van der Waals surface area contributed by atoms with Crippen LogP contribution in [0.1, 0.15) is 28.9 Å². The molecule has 0 fully saturated rings. The molecule has 88 valence electrons. The first-order valence-corrected chi connectivity index (χ1v) is 5.98. The van der Waals surface area contributed by atoms with Gasteiger partial charge in [-0.05, 0) is 35.8 Å². The molecule has 2 rings (SSSR count). The van der Waals surface area contributed by atoms with Crippen molar-refractivity contribution in [2.24, 2.45) is 0 Å². The summed E-state index contributed by atoms with van der Waals surface area (Å²) < 4.78 is 2.32. The molecule has 0 aliphatic heterocycles. The van der Waals surface area contributed by atoms with Crippen LogP contribution in [0.15, 0.2) is 22.9 Å². The number of carbonyl (C=O) groups is 1. The topological polar surface area (TPSA) is 60.7 Å². The van der Waals surface area contributed by atoms with Crippen molar-refractivity contribution in [1.29, 1.82) is 0 Å². The maximum absolute atomic E-state index is 12.3. The van der Waals surface area contributed by atoms with E-state index in [0.717, 1.165) is 0 Å². The number of carbonyl (C=O) groups excluding carboxylic acids is 1. The summed E-state index contributed by atoms with van der Waals surface area (Å²) in [5.74, 6) is 0.427. The summed E-state index contributed by atoms with van der Waals surface area (Å²) >= 11 is 3.33. The van der Waals surface area contributed by atoms with Gasteiger partial charge >= 0.3 is 0 Å². The molecule has 0 unspecified atom stereocenters. The Morgan fingerprint density at radius 1 is 1.53 bits per heavy atom. The zero-order chi connectivity index (χ0) is 12.4. The molecule has 6 heteroatoms. The Bertz CT molecular complexity index is 564. The molecule has 0 saturated carbocycles. The molecular weight excluding hydrogens is 284 g/mol. The van der Waals surface area contributed by atoms with E-state index in [0.29, 0.717) is 28.2 Å². The molecule has 0 amide bonds. The van der Waals surface area contributed by atoms with E-state index < -0.39 is 0 Å². The first-order valence-electron chi connectivity index (χ1n) is 5.19. The highest BCUT2D eigenvalue weighted by Crippen LogP contribution is 2.19. The third kappa shape index (κ3) is 2.26. The maximum atomic E-state index is 12.3. The third-order valence-electron chi connectivity index (χ3n) is 2.32. The van der Waals surface area contributed by atoms with E-state index in [1.807, 2.05) is 6.92 Å². The lowest BCUT2D eigenvalue weighted by atomic mass is 10.2. The van der Waals surface area contributed by atoms with Gasteiger partial charge in [0.2, 0.25) is 5.78 Å². The molecule has 0 N–H and O–H groups in total. The predicted octanol–water partition coefficient (Wildman–Crippen LogP) is 1.99. The number of halogens is 1. The fraction of sp³-hybridized carbons (Fsp3) is 0.273. The number of aryl methyl sites for hydroxylation is 2. The molecule has 0 radical (unpaired) electrons. The average Bonchev–Trinajstić information content (AvgIpc) is 2.69. The monoisotopic (exact) mass is 294 g/mol. The Balaban J connectivity index is 2.47. The van der Waals surface area contributed by atoms with Gasteiger partial charge in [-0.3, -0.25) is 9.48 Å². The van der Waals surface area contributed by atoms with Crippen molar-refractivity contribution in [3.05, 3.63) is 40.1 Å². The van der Waals surface area contributed by atoms with Crippen LogP contribution in [0.5, 0.6) is 0 Å². The molecule has 0 atom stereocenters. The summed E-state index contributed by atoms with van der Waals surface area (Å²) in [5, 5.41) is 4.11. The maximum Gasteiger partial charge on any atom is 0.230 e.